The molecular formula is C18H26O12. The van der Waals surface area contributed by atoms with Crippen LogP contribution in [0.4, 0.5) is 0 Å². The van der Waals surface area contributed by atoms with Gasteiger partial charge in [0, 0.05) is 6.07 Å². The highest BCUT2D eigenvalue weighted by Gasteiger charge is 2.53. The molecule has 7 N–H and O–H groups in total. The Bertz CT molecular complexity index is 716. The monoisotopic (exact) mass is 434 g/mol. The highest BCUT2D eigenvalue weighted by Crippen LogP contribution is 2.34. The molecule has 3 rings (SSSR count). The molecule has 0 amide bonds. The molecule has 2 saturated heterocycles. The van der Waals surface area contributed by atoms with Crippen molar-refractivity contribution in [2.24, 2.45) is 0 Å². The molecule has 2 aliphatic rings. The van der Waals surface area contributed by atoms with Gasteiger partial charge in [-0.3, -0.25) is 0 Å². The molecule has 8 atom stereocenters. The molecule has 0 aromatic heterocycles. The van der Waals surface area contributed by atoms with Crippen LogP contribution in [-0.2, 0) is 14.2 Å². The maximum atomic E-state index is 10.5. The molecule has 12 nitrogen and oxygen atoms in total. The van der Waals surface area contributed by atoms with Crippen LogP contribution in [0.5, 0.6) is 17.2 Å². The first kappa shape index (κ1) is 22.9. The van der Waals surface area contributed by atoms with Gasteiger partial charge in [0.05, 0.1) is 26.9 Å². The lowest BCUT2D eigenvalue weighted by Gasteiger charge is -2.42. The smallest absolute Gasteiger partial charge is 0.229 e. The average Bonchev–Trinajstić information content (AvgIpc) is 3.03. The van der Waals surface area contributed by atoms with Gasteiger partial charge in [-0.15, -0.1) is 0 Å². The zero-order valence-electron chi connectivity index (χ0n) is 16.1. The first-order chi connectivity index (χ1) is 14.2. The molecule has 0 radical (unpaired) electrons. The Hall–Kier alpha value is -1.74. The summed E-state index contributed by atoms with van der Waals surface area (Å²) in [7, 11) is 1.34. The van der Waals surface area contributed by atoms with Gasteiger partial charge in [-0.25, -0.2) is 0 Å². The minimum absolute atomic E-state index is 0.0997. The molecule has 170 valence electrons. The third-order valence-electron chi connectivity index (χ3n) is 5.10. The largest absolute Gasteiger partial charge is 0.504 e. The van der Waals surface area contributed by atoms with Crippen molar-refractivity contribution in [1.29, 1.82) is 0 Å². The van der Waals surface area contributed by atoms with Gasteiger partial charge < -0.3 is 59.4 Å². The molecule has 1 aromatic rings. The van der Waals surface area contributed by atoms with Crippen molar-refractivity contribution in [3.05, 3.63) is 18.2 Å². The van der Waals surface area contributed by atoms with Crippen LogP contribution in [0.3, 0.4) is 0 Å². The molecule has 0 spiro atoms. The Morgan fingerprint density at radius 1 is 1.13 bits per heavy atom. The predicted octanol–water partition coefficient (Wildman–Crippen LogP) is -2.96. The maximum Gasteiger partial charge on any atom is 0.229 e. The number of benzene rings is 1. The molecule has 12 heteroatoms. The molecule has 2 fully saturated rings. The summed E-state index contributed by atoms with van der Waals surface area (Å²) < 4.78 is 26.9. The number of aromatic hydroxyl groups is 1. The number of aliphatic hydroxyl groups is 6. The Kier molecular flexibility index (Phi) is 7.02. The first-order valence-corrected chi connectivity index (χ1v) is 9.18. The standard InChI is InChI=1S/C18H26O12/c1-26-10-4-8(2-3-9(10)21)28-16-14(13(23)12(22)11(5-19)29-16)30-17-15(24)18(25,6-20)7-27-17/h2-4,11-17,19-25H,5-7H2,1H3/t11-,12-,13+,14-,15+,16+,17+,18-/m1/s1. The van der Waals surface area contributed by atoms with Gasteiger partial charge in [-0.2, -0.15) is 0 Å². The summed E-state index contributed by atoms with van der Waals surface area (Å²) in [6.45, 7) is -1.85. The summed E-state index contributed by atoms with van der Waals surface area (Å²) in [6.07, 6.45) is -10.3. The van der Waals surface area contributed by atoms with Crippen molar-refractivity contribution in [2.75, 3.05) is 26.9 Å². The van der Waals surface area contributed by atoms with Crippen molar-refractivity contribution in [1.82, 2.24) is 0 Å². The quantitative estimate of drug-likeness (QED) is 0.231. The molecule has 0 bridgehead atoms. The highest BCUT2D eigenvalue weighted by molar-refractivity contribution is 5.44. The number of rotatable bonds is 7. The van der Waals surface area contributed by atoms with E-state index < -0.39 is 68.5 Å². The maximum absolute atomic E-state index is 10.5. The molecule has 0 unspecified atom stereocenters. The lowest BCUT2D eigenvalue weighted by Crippen LogP contribution is -2.62. The Morgan fingerprint density at radius 3 is 2.47 bits per heavy atom. The highest BCUT2D eigenvalue weighted by atomic mass is 16.8. The van der Waals surface area contributed by atoms with Gasteiger partial charge in [0.15, 0.2) is 23.9 Å². The van der Waals surface area contributed by atoms with Gasteiger partial charge >= 0.3 is 0 Å². The van der Waals surface area contributed by atoms with Crippen LogP contribution in [-0.4, -0.2) is 111 Å². The van der Waals surface area contributed by atoms with Crippen molar-refractivity contribution in [2.45, 2.75) is 48.7 Å². The fourth-order valence-electron chi connectivity index (χ4n) is 3.23. The second kappa shape index (κ2) is 9.18. The lowest BCUT2D eigenvalue weighted by molar-refractivity contribution is -0.318. The lowest BCUT2D eigenvalue weighted by atomic mass is 9.98. The van der Waals surface area contributed by atoms with Gasteiger partial charge in [0.2, 0.25) is 6.29 Å². The SMILES string of the molecule is COc1cc(O[C@H]2O[C@H](CO)[C@@H](O)[C@H](O)[C@H]2O[C@@H]2OC[C@](O)(CO)[C@H]2O)ccc1O. The Balaban J connectivity index is 1.82. The van der Waals surface area contributed by atoms with E-state index in [1.165, 1.54) is 25.3 Å². The summed E-state index contributed by atoms with van der Waals surface area (Å²) in [5, 5.41) is 69.4. The molecule has 2 aliphatic heterocycles. The van der Waals surface area contributed by atoms with E-state index in [9.17, 15) is 35.7 Å². The number of phenols is 1. The number of hydrogen-bond acceptors (Lipinski definition) is 12. The Labute approximate surface area is 171 Å². The first-order valence-electron chi connectivity index (χ1n) is 9.18. The zero-order valence-corrected chi connectivity index (χ0v) is 16.1. The van der Waals surface area contributed by atoms with E-state index in [4.69, 9.17) is 23.7 Å². The van der Waals surface area contributed by atoms with E-state index in [0.717, 1.165) is 0 Å². The molecule has 0 aliphatic carbocycles. The fourth-order valence-corrected chi connectivity index (χ4v) is 3.23. The third-order valence-corrected chi connectivity index (χ3v) is 5.10. The third kappa shape index (κ3) is 4.32. The van der Waals surface area contributed by atoms with Gasteiger partial charge in [-0.05, 0) is 12.1 Å². The molecule has 30 heavy (non-hydrogen) atoms. The van der Waals surface area contributed by atoms with Crippen molar-refractivity contribution in [3.63, 3.8) is 0 Å². The topological polar surface area (TPSA) is 188 Å². The van der Waals surface area contributed by atoms with E-state index >= 15 is 0 Å². The van der Waals surface area contributed by atoms with Crippen molar-refractivity contribution >= 4 is 0 Å². The molecule has 0 saturated carbocycles. The Morgan fingerprint density at radius 2 is 1.87 bits per heavy atom. The van der Waals surface area contributed by atoms with Crippen LogP contribution in [0.25, 0.3) is 0 Å². The summed E-state index contributed by atoms with van der Waals surface area (Å²) in [5.74, 6) is 0.0996. The van der Waals surface area contributed by atoms with Crippen molar-refractivity contribution in [3.8, 4) is 17.2 Å². The minimum atomic E-state index is -1.96. The second-order valence-corrected chi connectivity index (χ2v) is 7.14. The number of hydrogen-bond donors (Lipinski definition) is 7. The summed E-state index contributed by atoms with van der Waals surface area (Å²) in [5.41, 5.74) is -1.96. The van der Waals surface area contributed by atoms with Crippen LogP contribution >= 0.6 is 0 Å². The van der Waals surface area contributed by atoms with Gasteiger partial charge in [-0.1, -0.05) is 0 Å². The van der Waals surface area contributed by atoms with E-state index in [2.05, 4.69) is 0 Å². The van der Waals surface area contributed by atoms with Crippen LogP contribution < -0.4 is 9.47 Å². The van der Waals surface area contributed by atoms with E-state index in [1.54, 1.807) is 0 Å². The zero-order chi connectivity index (χ0) is 22.1. The minimum Gasteiger partial charge on any atom is -0.504 e. The van der Waals surface area contributed by atoms with E-state index in [0.29, 0.717) is 0 Å². The second-order valence-electron chi connectivity index (χ2n) is 7.14. The normalized spacial score (nSPS) is 39.1. The molecule has 1 aromatic carbocycles. The summed E-state index contributed by atoms with van der Waals surface area (Å²) in [4.78, 5) is 0. The average molecular weight is 434 g/mol. The molecule has 2 heterocycles. The van der Waals surface area contributed by atoms with Crippen LogP contribution in [0.15, 0.2) is 18.2 Å². The van der Waals surface area contributed by atoms with Gasteiger partial charge in [0.1, 0.15) is 35.8 Å². The molecular weight excluding hydrogens is 408 g/mol. The number of phenolic OH excluding ortho intramolecular Hbond substituents is 1. The van der Waals surface area contributed by atoms with Gasteiger partial charge in [0.25, 0.3) is 0 Å². The van der Waals surface area contributed by atoms with Crippen molar-refractivity contribution < 1.29 is 59.4 Å². The predicted molar refractivity (Wildman–Crippen MR) is 95.7 cm³/mol. The number of ether oxygens (including phenoxy) is 5. The van der Waals surface area contributed by atoms with Crippen LogP contribution in [0.2, 0.25) is 0 Å². The fraction of sp³-hybridized carbons (Fsp3) is 0.667. The summed E-state index contributed by atoms with van der Waals surface area (Å²) in [6, 6.07) is 4.02. The van der Waals surface area contributed by atoms with E-state index in [1.807, 2.05) is 0 Å². The summed E-state index contributed by atoms with van der Waals surface area (Å²) >= 11 is 0. The van der Waals surface area contributed by atoms with Crippen LogP contribution in [0, 0.1) is 0 Å². The number of methoxy groups -OCH3 is 1. The van der Waals surface area contributed by atoms with Crippen LogP contribution in [0.1, 0.15) is 0 Å². The number of aliphatic hydroxyl groups excluding tert-OH is 5. The van der Waals surface area contributed by atoms with E-state index in [-0.39, 0.29) is 17.2 Å².